The molecular weight excluding hydrogens is 633 g/mol. The Hall–Kier alpha value is -2.56. The smallest absolute Gasteiger partial charge is 0.242 e. The van der Waals surface area contributed by atoms with Crippen molar-refractivity contribution in [3.63, 3.8) is 0 Å². The van der Waals surface area contributed by atoms with Gasteiger partial charge >= 0.3 is 0 Å². The summed E-state index contributed by atoms with van der Waals surface area (Å²) < 4.78 is 37.1. The van der Waals surface area contributed by atoms with Crippen molar-refractivity contribution in [2.75, 3.05) is 13.1 Å². The molecule has 0 radical (unpaired) electrons. The van der Waals surface area contributed by atoms with Crippen molar-refractivity contribution in [2.45, 2.75) is 110 Å². The van der Waals surface area contributed by atoms with Gasteiger partial charge in [0.05, 0.1) is 29.7 Å². The first-order chi connectivity index (χ1) is 21.9. The van der Waals surface area contributed by atoms with Crippen LogP contribution in [0, 0.1) is 17.1 Å². The van der Waals surface area contributed by atoms with Crippen molar-refractivity contribution in [3.8, 4) is 0 Å². The highest BCUT2D eigenvalue weighted by Crippen LogP contribution is 2.35. The molecule has 1 aromatic carbocycles. The molecule has 1 fully saturated rings. The maximum absolute atomic E-state index is 12.5. The zero-order valence-corrected chi connectivity index (χ0v) is 29.6. The minimum absolute atomic E-state index is 0.000779. The summed E-state index contributed by atoms with van der Waals surface area (Å²) in [5.41, 5.74) is 1.95. The van der Waals surface area contributed by atoms with Crippen LogP contribution in [0.3, 0.4) is 0 Å². The number of nitrogens with one attached hydrogen (secondary N) is 2. The standard InChI is InChI=1S/C23H34F2N4OS.C6H4ClF.C6H14O/c1-5-11-31-22(15(4)6-2)23-27-13-17(18(26)9-8-10-20(24)25)19-12-16(14-29(19)23)28-21(30)7-3;7-5-2-1-3-6(8)4-5;1-3-5-6(7)4-2/h5,8-9,11,15-16,20,22,26H,6-7,10,12-14H2,1-4H3,(H,28,30);1-4H;6-7H,3-5H2,1-2H3/b9-8-,11-5-,26-18?;;. The van der Waals surface area contributed by atoms with Crippen LogP contribution in [-0.4, -0.2) is 64.4 Å². The summed E-state index contributed by atoms with van der Waals surface area (Å²) in [7, 11) is 0. The van der Waals surface area contributed by atoms with Gasteiger partial charge < -0.3 is 20.7 Å². The summed E-state index contributed by atoms with van der Waals surface area (Å²) in [6.45, 7) is 13.2. The second-order valence-electron chi connectivity index (χ2n) is 11.2. The molecule has 46 heavy (non-hydrogen) atoms. The summed E-state index contributed by atoms with van der Waals surface area (Å²) in [6, 6.07) is 5.76. The lowest BCUT2D eigenvalue weighted by Gasteiger charge is -2.34. The molecule has 1 saturated heterocycles. The second kappa shape index (κ2) is 22.9. The predicted octanol–water partition coefficient (Wildman–Crippen LogP) is 9.20. The zero-order chi connectivity index (χ0) is 34.6. The molecule has 4 atom stereocenters. The molecule has 0 spiro atoms. The molecular formula is C35H52ClF3N4O2S. The van der Waals surface area contributed by atoms with Gasteiger partial charge in [0.1, 0.15) is 11.7 Å². The fraction of sp³-hybridized carbons (Fsp3) is 0.571. The third-order valence-electron chi connectivity index (χ3n) is 7.46. The zero-order valence-electron chi connectivity index (χ0n) is 28.0. The van der Waals surface area contributed by atoms with Crippen molar-refractivity contribution in [2.24, 2.45) is 10.9 Å². The number of nitrogens with zero attached hydrogens (tertiary/aromatic N) is 2. The Bertz CT molecular complexity index is 1190. The number of hydrogen-bond acceptors (Lipinski definition) is 6. The lowest BCUT2D eigenvalue weighted by atomic mass is 9.99. The molecule has 3 N–H and O–H groups in total. The molecule has 2 heterocycles. The number of fused-ring (bicyclic) bond motifs is 1. The largest absolute Gasteiger partial charge is 0.393 e. The maximum Gasteiger partial charge on any atom is 0.242 e. The highest BCUT2D eigenvalue weighted by Gasteiger charge is 2.39. The Morgan fingerprint density at radius 2 is 1.98 bits per heavy atom. The first-order valence-electron chi connectivity index (χ1n) is 16.1. The van der Waals surface area contributed by atoms with Crippen LogP contribution in [0.15, 0.2) is 64.2 Å². The van der Waals surface area contributed by atoms with E-state index in [-0.39, 0.29) is 41.3 Å². The highest BCUT2D eigenvalue weighted by molar-refractivity contribution is 8.03. The number of benzene rings is 1. The highest BCUT2D eigenvalue weighted by atomic mass is 35.5. The van der Waals surface area contributed by atoms with Gasteiger partial charge in [-0.1, -0.05) is 77.3 Å². The normalized spacial score (nSPS) is 18.0. The number of alkyl halides is 2. The number of aliphatic imine (C=N–C) groups is 1. The molecule has 11 heteroatoms. The van der Waals surface area contributed by atoms with Crippen LogP contribution in [-0.2, 0) is 4.79 Å². The molecule has 0 bridgehead atoms. The van der Waals surface area contributed by atoms with Crippen molar-refractivity contribution in [1.29, 1.82) is 5.41 Å². The number of amidine groups is 1. The average Bonchev–Trinajstić information content (AvgIpc) is 3.44. The van der Waals surface area contributed by atoms with E-state index in [1.165, 1.54) is 24.3 Å². The number of carbonyl (C=O) groups excluding carboxylic acids is 1. The predicted molar refractivity (Wildman–Crippen MR) is 189 cm³/mol. The molecule has 0 saturated carbocycles. The number of halogens is 4. The number of amides is 1. The van der Waals surface area contributed by atoms with E-state index in [4.69, 9.17) is 27.1 Å². The number of allylic oxidation sites excluding steroid dienone is 3. The van der Waals surface area contributed by atoms with Crippen LogP contribution in [0.5, 0.6) is 0 Å². The number of aliphatic hydroxyl groups is 1. The summed E-state index contributed by atoms with van der Waals surface area (Å²) in [5, 5.41) is 23.1. The van der Waals surface area contributed by atoms with Gasteiger partial charge in [-0.25, -0.2) is 13.2 Å². The van der Waals surface area contributed by atoms with Gasteiger partial charge in [-0.05, 0) is 55.4 Å². The minimum Gasteiger partial charge on any atom is -0.393 e. The summed E-state index contributed by atoms with van der Waals surface area (Å²) >= 11 is 7.15. The van der Waals surface area contributed by atoms with E-state index < -0.39 is 6.43 Å². The van der Waals surface area contributed by atoms with E-state index in [0.717, 1.165) is 42.8 Å². The van der Waals surface area contributed by atoms with E-state index in [1.54, 1.807) is 23.9 Å². The van der Waals surface area contributed by atoms with E-state index >= 15 is 0 Å². The Balaban J connectivity index is 0.000000574. The van der Waals surface area contributed by atoms with Crippen LogP contribution in [0.2, 0.25) is 5.02 Å². The molecule has 2 aliphatic rings. The van der Waals surface area contributed by atoms with Crippen molar-refractivity contribution in [3.05, 3.63) is 70.0 Å². The summed E-state index contributed by atoms with van der Waals surface area (Å²) in [5.74, 6) is 1.09. The number of carbonyl (C=O) groups is 1. The number of rotatable bonds is 14. The Morgan fingerprint density at radius 3 is 2.48 bits per heavy atom. The Kier molecular flexibility index (Phi) is 20.6. The Labute approximate surface area is 283 Å². The molecule has 0 aromatic heterocycles. The van der Waals surface area contributed by atoms with Gasteiger partial charge in [0, 0.05) is 42.1 Å². The summed E-state index contributed by atoms with van der Waals surface area (Å²) in [6.07, 6.45) is 6.96. The van der Waals surface area contributed by atoms with Crippen molar-refractivity contribution >= 4 is 40.8 Å². The van der Waals surface area contributed by atoms with Crippen molar-refractivity contribution in [1.82, 2.24) is 10.2 Å². The van der Waals surface area contributed by atoms with Crippen LogP contribution < -0.4 is 5.32 Å². The fourth-order valence-electron chi connectivity index (χ4n) is 4.72. The number of thioether (sulfide) groups is 1. The van der Waals surface area contributed by atoms with Gasteiger partial charge in [-0.2, -0.15) is 0 Å². The van der Waals surface area contributed by atoms with E-state index in [0.29, 0.717) is 36.9 Å². The minimum atomic E-state index is -2.42. The molecule has 1 amide bonds. The number of aliphatic hydroxyl groups excluding tert-OH is 1. The topological polar surface area (TPSA) is 88.8 Å². The summed E-state index contributed by atoms with van der Waals surface area (Å²) in [4.78, 5) is 19.0. The molecule has 258 valence electrons. The van der Waals surface area contributed by atoms with Crippen molar-refractivity contribution < 1.29 is 23.1 Å². The lowest BCUT2D eigenvalue weighted by Crippen LogP contribution is -2.43. The van der Waals surface area contributed by atoms with Gasteiger partial charge in [0.2, 0.25) is 12.3 Å². The molecule has 6 nitrogen and oxygen atoms in total. The second-order valence-corrected chi connectivity index (χ2v) is 12.7. The molecule has 0 aliphatic carbocycles. The van der Waals surface area contributed by atoms with E-state index in [1.807, 2.05) is 26.8 Å². The molecule has 4 unspecified atom stereocenters. The maximum atomic E-state index is 12.5. The third-order valence-corrected chi connectivity index (χ3v) is 9.09. The molecule has 2 aliphatic heterocycles. The van der Waals surface area contributed by atoms with Crippen LogP contribution >= 0.6 is 23.4 Å². The van der Waals surface area contributed by atoms with Crippen LogP contribution in [0.25, 0.3) is 0 Å². The first kappa shape index (κ1) is 41.5. The van der Waals surface area contributed by atoms with E-state index in [9.17, 15) is 18.0 Å². The third kappa shape index (κ3) is 14.9. The quantitative estimate of drug-likeness (QED) is 0.171. The van der Waals surface area contributed by atoms with Gasteiger partial charge in [0.15, 0.2) is 0 Å². The monoisotopic (exact) mass is 684 g/mol. The first-order valence-corrected chi connectivity index (χ1v) is 17.5. The molecule has 1 aromatic rings. The SMILES string of the molecule is C/C=C\SC(C1=NCC(C(=N)/C=C\CC(F)F)=C2CC(NC(=O)CC)CN12)C(C)CC.CCCC(O)CC.Fc1cccc(Cl)c1. The number of hydrogen-bond donors (Lipinski definition) is 3. The van der Waals surface area contributed by atoms with Crippen LogP contribution in [0.1, 0.15) is 86.5 Å². The van der Waals surface area contributed by atoms with Gasteiger partial charge in [0.25, 0.3) is 0 Å². The van der Waals surface area contributed by atoms with Gasteiger partial charge in [-0.3, -0.25) is 9.79 Å². The van der Waals surface area contributed by atoms with Crippen LogP contribution in [0.4, 0.5) is 13.2 Å². The lowest BCUT2D eigenvalue weighted by molar-refractivity contribution is -0.121. The molecule has 3 rings (SSSR count). The average molecular weight is 685 g/mol. The Morgan fingerprint density at radius 1 is 1.26 bits per heavy atom. The fourth-order valence-corrected chi connectivity index (χ4v) is 6.00. The van der Waals surface area contributed by atoms with Gasteiger partial charge in [-0.15, -0.1) is 11.8 Å². The van der Waals surface area contributed by atoms with E-state index in [2.05, 4.69) is 36.4 Å².